The summed E-state index contributed by atoms with van der Waals surface area (Å²) in [4.78, 5) is 4.65. The molecular weight excluding hydrogens is 403 g/mol. The molecule has 0 fully saturated rings. The lowest BCUT2D eigenvalue weighted by Crippen LogP contribution is -1.99. The summed E-state index contributed by atoms with van der Waals surface area (Å²) in [6.45, 7) is 0.705. The molecule has 0 spiro atoms. The number of rotatable bonds is 5. The Hall–Kier alpha value is -0.520. The van der Waals surface area contributed by atoms with Crippen molar-refractivity contribution < 1.29 is 0 Å². The number of aromatic amines is 1. The van der Waals surface area contributed by atoms with E-state index in [2.05, 4.69) is 33.0 Å². The van der Waals surface area contributed by atoms with Crippen molar-refractivity contribution in [2.75, 3.05) is 6.54 Å². The molecule has 2 heterocycles. The Morgan fingerprint density at radius 1 is 1.09 bits per heavy atom. The molecule has 116 valence electrons. The van der Waals surface area contributed by atoms with E-state index in [1.54, 1.807) is 11.3 Å². The summed E-state index contributed by atoms with van der Waals surface area (Å²) in [7, 11) is 0. The number of benzene rings is 1. The van der Waals surface area contributed by atoms with Gasteiger partial charge in [0.1, 0.15) is 0 Å². The molecule has 0 radical (unpaired) electrons. The number of H-pyrrole nitrogens is 1. The minimum absolute atomic E-state index is 0.696. The van der Waals surface area contributed by atoms with Gasteiger partial charge in [0.05, 0.1) is 29.9 Å². The highest BCUT2D eigenvalue weighted by atomic mass is 79.9. The van der Waals surface area contributed by atoms with Crippen LogP contribution >= 0.6 is 50.5 Å². The number of nitrogens with one attached hydrogen (secondary N) is 1. The molecule has 0 saturated heterocycles. The second-order valence-electron chi connectivity index (χ2n) is 5.11. The van der Waals surface area contributed by atoms with Gasteiger partial charge < -0.3 is 10.7 Å². The summed E-state index contributed by atoms with van der Waals surface area (Å²) in [6, 6.07) is 7.85. The molecule has 2 aromatic heterocycles. The first-order chi connectivity index (χ1) is 10.6. The average Bonchev–Trinajstić information content (AvgIpc) is 3.08. The topological polar surface area (TPSA) is 41.8 Å². The molecule has 0 amide bonds. The van der Waals surface area contributed by atoms with Gasteiger partial charge in [-0.05, 0) is 71.6 Å². The third-order valence-corrected chi connectivity index (χ3v) is 5.93. The third kappa shape index (κ3) is 3.08. The number of halogens is 3. The number of unbranched alkanes of at least 4 members (excludes halogenated alkanes) is 1. The highest BCUT2D eigenvalue weighted by molar-refractivity contribution is 9.11. The van der Waals surface area contributed by atoms with Gasteiger partial charge in [-0.15, -0.1) is 11.3 Å². The van der Waals surface area contributed by atoms with Gasteiger partial charge in [0, 0.05) is 5.39 Å². The zero-order valence-electron chi connectivity index (χ0n) is 11.8. The first-order valence-electron chi connectivity index (χ1n) is 7.06. The first-order valence-corrected chi connectivity index (χ1v) is 9.42. The predicted octanol–water partition coefficient (Wildman–Crippen LogP) is 6.25. The molecule has 0 aliphatic rings. The van der Waals surface area contributed by atoms with Crippen LogP contribution in [0.5, 0.6) is 0 Å². The Morgan fingerprint density at radius 3 is 2.55 bits per heavy atom. The van der Waals surface area contributed by atoms with Crippen molar-refractivity contribution >= 4 is 61.4 Å². The van der Waals surface area contributed by atoms with Gasteiger partial charge in [0.15, 0.2) is 0 Å². The van der Waals surface area contributed by atoms with Crippen molar-refractivity contribution in [1.82, 2.24) is 4.98 Å². The Balaban J connectivity index is 2.19. The quantitative estimate of drug-likeness (QED) is 0.473. The van der Waals surface area contributed by atoms with Gasteiger partial charge in [0.25, 0.3) is 0 Å². The molecule has 3 rings (SSSR count). The molecule has 0 bridgehead atoms. The van der Waals surface area contributed by atoms with E-state index in [0.29, 0.717) is 11.6 Å². The van der Waals surface area contributed by atoms with Crippen molar-refractivity contribution in [3.05, 3.63) is 43.7 Å². The van der Waals surface area contributed by atoms with Crippen LogP contribution in [0, 0.1) is 0 Å². The number of hydrogen-bond acceptors (Lipinski definition) is 2. The summed E-state index contributed by atoms with van der Waals surface area (Å²) in [6.07, 6.45) is 2.96. The smallest absolute Gasteiger partial charge is 0.0705 e. The minimum atomic E-state index is 0.696. The normalized spacial score (nSPS) is 11.5. The average molecular weight is 418 g/mol. The zero-order chi connectivity index (χ0) is 15.7. The minimum Gasteiger partial charge on any atom is -0.352 e. The van der Waals surface area contributed by atoms with Crippen LogP contribution in [0.25, 0.3) is 21.5 Å². The van der Waals surface area contributed by atoms with Crippen LogP contribution in [0.15, 0.2) is 28.1 Å². The molecular formula is C16H15BrCl2N2S. The zero-order valence-corrected chi connectivity index (χ0v) is 15.7. The number of thiophene rings is 1. The van der Waals surface area contributed by atoms with Crippen molar-refractivity contribution in [3.8, 4) is 10.6 Å². The largest absolute Gasteiger partial charge is 0.352 e. The maximum Gasteiger partial charge on any atom is 0.0705 e. The van der Waals surface area contributed by atoms with Gasteiger partial charge in [-0.1, -0.05) is 23.2 Å². The van der Waals surface area contributed by atoms with E-state index in [-0.39, 0.29) is 0 Å². The standard InChI is InChI=1S/C16H15BrCl2N2S/c17-13-7-6-12(22-13)15-9(3-1-2-8-20)14-10(18)4-5-11(19)16(14)21-15/h4-7,21H,1-3,8,20H2. The molecule has 3 N–H and O–H groups in total. The molecule has 0 unspecified atom stereocenters. The van der Waals surface area contributed by atoms with E-state index in [4.69, 9.17) is 28.9 Å². The van der Waals surface area contributed by atoms with Gasteiger partial charge in [-0.25, -0.2) is 0 Å². The number of hydrogen-bond donors (Lipinski definition) is 2. The van der Waals surface area contributed by atoms with Gasteiger partial charge >= 0.3 is 0 Å². The summed E-state index contributed by atoms with van der Waals surface area (Å²) >= 11 is 18.0. The van der Waals surface area contributed by atoms with E-state index in [1.165, 1.54) is 10.4 Å². The molecule has 6 heteroatoms. The van der Waals surface area contributed by atoms with Crippen molar-refractivity contribution in [2.45, 2.75) is 19.3 Å². The van der Waals surface area contributed by atoms with E-state index in [0.717, 1.165) is 44.7 Å². The van der Waals surface area contributed by atoms with Crippen LogP contribution in [-0.4, -0.2) is 11.5 Å². The number of aromatic nitrogens is 1. The third-order valence-electron chi connectivity index (χ3n) is 3.66. The van der Waals surface area contributed by atoms with E-state index >= 15 is 0 Å². The molecule has 2 nitrogen and oxygen atoms in total. The van der Waals surface area contributed by atoms with E-state index < -0.39 is 0 Å². The molecule has 0 saturated carbocycles. The fraction of sp³-hybridized carbons (Fsp3) is 0.250. The lowest BCUT2D eigenvalue weighted by atomic mass is 10.0. The van der Waals surface area contributed by atoms with Crippen molar-refractivity contribution in [2.24, 2.45) is 5.73 Å². The Bertz CT molecular complexity index is 810. The lowest BCUT2D eigenvalue weighted by molar-refractivity contribution is 0.748. The van der Waals surface area contributed by atoms with Gasteiger partial charge in [-0.2, -0.15) is 0 Å². The predicted molar refractivity (Wildman–Crippen MR) is 101 cm³/mol. The van der Waals surface area contributed by atoms with Crippen LogP contribution in [0.3, 0.4) is 0 Å². The SMILES string of the molecule is NCCCCc1c(-c2ccc(Br)s2)[nH]c2c(Cl)ccc(Cl)c12. The van der Waals surface area contributed by atoms with Crippen LogP contribution in [0.4, 0.5) is 0 Å². The van der Waals surface area contributed by atoms with Crippen LogP contribution < -0.4 is 5.73 Å². The number of fused-ring (bicyclic) bond motifs is 1. The number of nitrogens with two attached hydrogens (primary N) is 1. The molecule has 0 aliphatic heterocycles. The molecule has 22 heavy (non-hydrogen) atoms. The highest BCUT2D eigenvalue weighted by Crippen LogP contribution is 2.41. The van der Waals surface area contributed by atoms with Crippen molar-refractivity contribution in [1.29, 1.82) is 0 Å². The fourth-order valence-corrected chi connectivity index (χ4v) is 4.54. The van der Waals surface area contributed by atoms with Crippen LogP contribution in [0.2, 0.25) is 10.0 Å². The van der Waals surface area contributed by atoms with Crippen molar-refractivity contribution in [3.63, 3.8) is 0 Å². The summed E-state index contributed by atoms with van der Waals surface area (Å²) < 4.78 is 1.10. The fourth-order valence-electron chi connectivity index (χ4n) is 2.65. The van der Waals surface area contributed by atoms with Gasteiger partial charge in [0.2, 0.25) is 0 Å². The monoisotopic (exact) mass is 416 g/mol. The van der Waals surface area contributed by atoms with Crippen LogP contribution in [-0.2, 0) is 6.42 Å². The maximum absolute atomic E-state index is 6.44. The van der Waals surface area contributed by atoms with E-state index in [1.807, 2.05) is 12.1 Å². The lowest BCUT2D eigenvalue weighted by Gasteiger charge is -2.04. The summed E-state index contributed by atoms with van der Waals surface area (Å²) in [5.41, 5.74) is 8.88. The Kier molecular flexibility index (Phi) is 5.15. The highest BCUT2D eigenvalue weighted by Gasteiger charge is 2.18. The van der Waals surface area contributed by atoms with E-state index in [9.17, 15) is 0 Å². The second kappa shape index (κ2) is 6.93. The Morgan fingerprint density at radius 2 is 1.86 bits per heavy atom. The van der Waals surface area contributed by atoms with Gasteiger partial charge in [-0.3, -0.25) is 0 Å². The molecule has 0 aliphatic carbocycles. The molecule has 0 atom stereocenters. The summed E-state index contributed by atoms with van der Waals surface area (Å²) in [5.74, 6) is 0. The molecule has 1 aromatic carbocycles. The Labute approximate surface area is 151 Å². The van der Waals surface area contributed by atoms with Crippen LogP contribution in [0.1, 0.15) is 18.4 Å². The first kappa shape index (κ1) is 16.3. The maximum atomic E-state index is 6.44. The molecule has 3 aromatic rings. The second-order valence-corrected chi connectivity index (χ2v) is 8.38. The summed E-state index contributed by atoms with van der Waals surface area (Å²) in [5, 5.41) is 2.47. The number of aryl methyl sites for hydroxylation is 1.